The smallest absolute Gasteiger partial charge is 0.0501 e. The van der Waals surface area contributed by atoms with Gasteiger partial charge in [-0.2, -0.15) is 0 Å². The maximum Gasteiger partial charge on any atom is 0.0501 e. The van der Waals surface area contributed by atoms with Crippen molar-refractivity contribution in [2.75, 3.05) is 26.4 Å². The second-order valence-corrected chi connectivity index (χ2v) is 6.94. The van der Waals surface area contributed by atoms with Gasteiger partial charge in [0.25, 0.3) is 0 Å². The third kappa shape index (κ3) is 3.25. The Morgan fingerprint density at radius 1 is 1.17 bits per heavy atom. The first-order valence-corrected chi connectivity index (χ1v) is 7.50. The van der Waals surface area contributed by atoms with Gasteiger partial charge >= 0.3 is 0 Å². The maximum absolute atomic E-state index is 9.71. The van der Waals surface area contributed by atoms with Crippen LogP contribution in [0.3, 0.4) is 0 Å². The first-order valence-electron chi connectivity index (χ1n) is 7.50. The third-order valence-electron chi connectivity index (χ3n) is 5.12. The molecule has 0 aromatic heterocycles. The van der Waals surface area contributed by atoms with Gasteiger partial charge in [0.2, 0.25) is 0 Å². The van der Waals surface area contributed by atoms with Crippen LogP contribution in [-0.2, 0) is 4.74 Å². The lowest BCUT2D eigenvalue weighted by molar-refractivity contribution is -0.0198. The maximum atomic E-state index is 9.71. The molecule has 3 nitrogen and oxygen atoms in total. The second kappa shape index (κ2) is 5.89. The summed E-state index contributed by atoms with van der Waals surface area (Å²) in [5.74, 6) is 0. The van der Waals surface area contributed by atoms with Crippen molar-refractivity contribution >= 4 is 0 Å². The first kappa shape index (κ1) is 14.3. The van der Waals surface area contributed by atoms with E-state index in [1.54, 1.807) is 0 Å². The predicted molar refractivity (Wildman–Crippen MR) is 73.6 cm³/mol. The summed E-state index contributed by atoms with van der Waals surface area (Å²) in [5, 5.41) is 13.5. The van der Waals surface area contributed by atoms with Crippen LogP contribution in [0.2, 0.25) is 0 Å². The van der Waals surface area contributed by atoms with E-state index in [-0.39, 0.29) is 12.0 Å². The highest BCUT2D eigenvalue weighted by Crippen LogP contribution is 2.36. The van der Waals surface area contributed by atoms with Gasteiger partial charge in [-0.3, -0.25) is 0 Å². The molecule has 0 aromatic carbocycles. The topological polar surface area (TPSA) is 41.5 Å². The van der Waals surface area contributed by atoms with Crippen LogP contribution < -0.4 is 5.32 Å². The summed E-state index contributed by atoms with van der Waals surface area (Å²) in [5.41, 5.74) is 0.464. The second-order valence-electron chi connectivity index (χ2n) is 6.94. The fourth-order valence-electron chi connectivity index (χ4n) is 3.41. The Balaban J connectivity index is 1.88. The molecule has 18 heavy (non-hydrogen) atoms. The fraction of sp³-hybridized carbons (Fsp3) is 1.00. The summed E-state index contributed by atoms with van der Waals surface area (Å²) in [6, 6.07) is 0.609. The van der Waals surface area contributed by atoms with Gasteiger partial charge in [-0.25, -0.2) is 0 Å². The Morgan fingerprint density at radius 2 is 1.89 bits per heavy atom. The summed E-state index contributed by atoms with van der Waals surface area (Å²) >= 11 is 0. The first-order chi connectivity index (χ1) is 8.58. The minimum absolute atomic E-state index is 0.0613. The van der Waals surface area contributed by atoms with E-state index in [9.17, 15) is 5.11 Å². The average molecular weight is 255 g/mol. The molecule has 1 atom stereocenters. The number of hydrogen-bond acceptors (Lipinski definition) is 3. The molecule has 0 radical (unpaired) electrons. The zero-order valence-corrected chi connectivity index (χ0v) is 12.0. The van der Waals surface area contributed by atoms with Crippen LogP contribution in [0.25, 0.3) is 0 Å². The molecule has 2 rings (SSSR count). The van der Waals surface area contributed by atoms with Crippen molar-refractivity contribution in [1.82, 2.24) is 5.32 Å². The van der Waals surface area contributed by atoms with Gasteiger partial charge in [-0.1, -0.05) is 26.7 Å². The lowest BCUT2D eigenvalue weighted by atomic mass is 9.72. The van der Waals surface area contributed by atoms with Gasteiger partial charge in [0.05, 0.1) is 6.61 Å². The van der Waals surface area contributed by atoms with Crippen molar-refractivity contribution in [2.24, 2.45) is 10.8 Å². The molecule has 0 spiro atoms. The summed E-state index contributed by atoms with van der Waals surface area (Å²) < 4.78 is 5.42. The highest BCUT2D eigenvalue weighted by Gasteiger charge is 2.36. The molecule has 3 heteroatoms. The van der Waals surface area contributed by atoms with Gasteiger partial charge in [-0.15, -0.1) is 0 Å². The van der Waals surface area contributed by atoms with Gasteiger partial charge in [0.1, 0.15) is 0 Å². The number of aliphatic hydroxyl groups excluding tert-OH is 1. The number of nitrogens with one attached hydrogen (secondary N) is 1. The lowest BCUT2D eigenvalue weighted by Crippen LogP contribution is -2.50. The highest BCUT2D eigenvalue weighted by molar-refractivity contribution is 4.91. The largest absolute Gasteiger partial charge is 0.396 e. The molecule has 1 saturated carbocycles. The zero-order chi connectivity index (χ0) is 13.1. The highest BCUT2D eigenvalue weighted by atomic mass is 16.5. The Hall–Kier alpha value is -0.120. The molecule has 1 aliphatic heterocycles. The zero-order valence-electron chi connectivity index (χ0n) is 12.0. The van der Waals surface area contributed by atoms with E-state index in [0.29, 0.717) is 11.5 Å². The van der Waals surface area contributed by atoms with Gasteiger partial charge in [-0.05, 0) is 31.1 Å². The van der Waals surface area contributed by atoms with Crippen LogP contribution in [0.15, 0.2) is 0 Å². The van der Waals surface area contributed by atoms with Crippen molar-refractivity contribution in [2.45, 2.75) is 58.4 Å². The van der Waals surface area contributed by atoms with Crippen molar-refractivity contribution in [1.29, 1.82) is 0 Å². The monoisotopic (exact) mass is 255 g/mol. The molecule has 2 fully saturated rings. The molecule has 2 aliphatic rings. The molecule has 0 amide bonds. The summed E-state index contributed by atoms with van der Waals surface area (Å²) in [4.78, 5) is 0. The molecule has 0 aromatic rings. The summed E-state index contributed by atoms with van der Waals surface area (Å²) in [7, 11) is 0. The van der Waals surface area contributed by atoms with Crippen molar-refractivity contribution < 1.29 is 9.84 Å². The number of rotatable bonds is 4. The van der Waals surface area contributed by atoms with E-state index in [1.165, 1.54) is 25.7 Å². The van der Waals surface area contributed by atoms with Crippen LogP contribution in [0, 0.1) is 10.8 Å². The van der Waals surface area contributed by atoms with E-state index in [1.807, 2.05) is 0 Å². The van der Waals surface area contributed by atoms with Crippen LogP contribution in [0.4, 0.5) is 0 Å². The molecule has 106 valence electrons. The van der Waals surface area contributed by atoms with Crippen molar-refractivity contribution in [3.8, 4) is 0 Å². The van der Waals surface area contributed by atoms with E-state index >= 15 is 0 Å². The quantitative estimate of drug-likeness (QED) is 0.810. The van der Waals surface area contributed by atoms with E-state index in [2.05, 4.69) is 19.2 Å². The molecule has 0 bridgehead atoms. The standard InChI is InChI=1S/C15H29NO2/c1-14(2)6-4-3-5-13(14)16-11-15(12-17)7-9-18-10-8-15/h13,16-17H,3-12H2,1-2H3. The third-order valence-corrected chi connectivity index (χ3v) is 5.12. The molecule has 1 saturated heterocycles. The van der Waals surface area contributed by atoms with Gasteiger partial charge in [0.15, 0.2) is 0 Å². The molecular formula is C15H29NO2. The Labute approximate surface area is 111 Å². The average Bonchev–Trinajstić information content (AvgIpc) is 2.38. The number of aliphatic hydroxyl groups is 1. The van der Waals surface area contributed by atoms with Crippen LogP contribution >= 0.6 is 0 Å². The SMILES string of the molecule is CC1(C)CCCCC1NCC1(CO)CCOCC1. The molecular weight excluding hydrogens is 226 g/mol. The number of ether oxygens (including phenoxy) is 1. The van der Waals surface area contributed by atoms with Crippen molar-refractivity contribution in [3.63, 3.8) is 0 Å². The van der Waals surface area contributed by atoms with Gasteiger partial charge in [0, 0.05) is 31.2 Å². The summed E-state index contributed by atoms with van der Waals surface area (Å²) in [6.07, 6.45) is 7.29. The fourth-order valence-corrected chi connectivity index (χ4v) is 3.41. The van der Waals surface area contributed by atoms with Crippen LogP contribution in [0.1, 0.15) is 52.4 Å². The van der Waals surface area contributed by atoms with E-state index < -0.39 is 0 Å². The number of hydrogen-bond donors (Lipinski definition) is 2. The molecule has 1 unspecified atom stereocenters. The van der Waals surface area contributed by atoms with Crippen LogP contribution in [-0.4, -0.2) is 37.5 Å². The summed E-state index contributed by atoms with van der Waals surface area (Å²) in [6.45, 7) is 7.59. The van der Waals surface area contributed by atoms with Crippen LogP contribution in [0.5, 0.6) is 0 Å². The lowest BCUT2D eigenvalue weighted by Gasteiger charge is -2.43. The normalized spacial score (nSPS) is 31.2. The van der Waals surface area contributed by atoms with E-state index in [4.69, 9.17) is 4.74 Å². The van der Waals surface area contributed by atoms with Crippen molar-refractivity contribution in [3.05, 3.63) is 0 Å². The Morgan fingerprint density at radius 3 is 2.50 bits per heavy atom. The molecule has 1 heterocycles. The van der Waals surface area contributed by atoms with E-state index in [0.717, 1.165) is 32.6 Å². The predicted octanol–water partition coefficient (Wildman–Crippen LogP) is 2.33. The minimum atomic E-state index is 0.0613. The minimum Gasteiger partial charge on any atom is -0.396 e. The Bertz CT molecular complexity index is 259. The van der Waals surface area contributed by atoms with Gasteiger partial charge < -0.3 is 15.2 Å². The Kier molecular flexibility index (Phi) is 4.68. The molecule has 1 aliphatic carbocycles. The molecule has 2 N–H and O–H groups in total.